The van der Waals surface area contributed by atoms with Crippen LogP contribution in [0.25, 0.3) is 0 Å². The monoisotopic (exact) mass is 168 g/mol. The molecule has 4 heteroatoms. The summed E-state index contributed by atoms with van der Waals surface area (Å²) in [5.74, 6) is -0.923. The fraction of sp³-hybridized carbons (Fsp3) is 0.375. The molecule has 12 heavy (non-hydrogen) atoms. The molecule has 0 bridgehead atoms. The Hall–Kier alpha value is -1.45. The van der Waals surface area contributed by atoms with E-state index in [1.165, 1.54) is 4.68 Å². The summed E-state index contributed by atoms with van der Waals surface area (Å²) in [4.78, 5) is 10.6. The van der Waals surface area contributed by atoms with Crippen molar-refractivity contribution in [2.45, 2.75) is 19.9 Å². The third kappa shape index (κ3) is 1.78. The molecule has 0 radical (unpaired) electrons. The standard InChI is InChI=1S/C8H12N2O2/c1-6(2)9-10-5-3-4-7(10)8(11)12/h3-6,9H,1-2H3,(H,11,12). The number of aromatic carboxylic acids is 1. The van der Waals surface area contributed by atoms with Crippen molar-refractivity contribution in [3.8, 4) is 0 Å². The molecule has 0 unspecified atom stereocenters. The summed E-state index contributed by atoms with van der Waals surface area (Å²) in [6.45, 7) is 3.90. The molecule has 0 atom stereocenters. The van der Waals surface area contributed by atoms with Crippen LogP contribution in [0.3, 0.4) is 0 Å². The number of carbonyl (C=O) groups is 1. The summed E-state index contributed by atoms with van der Waals surface area (Å²) in [6, 6.07) is 3.46. The molecule has 1 aromatic heterocycles. The molecule has 66 valence electrons. The SMILES string of the molecule is CC(C)Nn1cccc1C(=O)O. The molecule has 0 aliphatic rings. The van der Waals surface area contributed by atoms with E-state index in [2.05, 4.69) is 5.43 Å². The first-order chi connectivity index (χ1) is 5.61. The minimum Gasteiger partial charge on any atom is -0.477 e. The van der Waals surface area contributed by atoms with Gasteiger partial charge in [0, 0.05) is 12.2 Å². The van der Waals surface area contributed by atoms with Gasteiger partial charge in [0.25, 0.3) is 0 Å². The Labute approximate surface area is 70.8 Å². The number of rotatable bonds is 3. The number of carboxylic acid groups (broad SMARTS) is 1. The molecule has 4 nitrogen and oxygen atoms in total. The molecule has 1 aromatic rings. The molecule has 1 heterocycles. The molecular formula is C8H12N2O2. The zero-order valence-corrected chi connectivity index (χ0v) is 7.11. The van der Waals surface area contributed by atoms with E-state index in [9.17, 15) is 4.79 Å². The van der Waals surface area contributed by atoms with Crippen LogP contribution in [0.4, 0.5) is 0 Å². The van der Waals surface area contributed by atoms with Crippen LogP contribution >= 0.6 is 0 Å². The minimum absolute atomic E-state index is 0.218. The van der Waals surface area contributed by atoms with E-state index in [-0.39, 0.29) is 11.7 Å². The van der Waals surface area contributed by atoms with Gasteiger partial charge in [0.15, 0.2) is 0 Å². The van der Waals surface area contributed by atoms with E-state index in [1.54, 1.807) is 18.3 Å². The Morgan fingerprint density at radius 1 is 1.67 bits per heavy atom. The molecule has 0 amide bonds. The van der Waals surface area contributed by atoms with Crippen LogP contribution in [-0.2, 0) is 0 Å². The van der Waals surface area contributed by atoms with Crippen molar-refractivity contribution in [3.63, 3.8) is 0 Å². The van der Waals surface area contributed by atoms with Crippen molar-refractivity contribution in [2.24, 2.45) is 0 Å². The molecule has 0 saturated heterocycles. The summed E-state index contributed by atoms with van der Waals surface area (Å²) in [5.41, 5.74) is 3.22. The Morgan fingerprint density at radius 2 is 2.33 bits per heavy atom. The lowest BCUT2D eigenvalue weighted by atomic mass is 10.4. The molecule has 0 aliphatic heterocycles. The number of carboxylic acids is 1. The average Bonchev–Trinajstić information content (AvgIpc) is 2.33. The van der Waals surface area contributed by atoms with Crippen LogP contribution < -0.4 is 5.43 Å². The Bertz CT molecular complexity index is 278. The molecule has 0 fully saturated rings. The van der Waals surface area contributed by atoms with Crippen molar-refractivity contribution in [3.05, 3.63) is 24.0 Å². The maximum absolute atomic E-state index is 10.6. The quantitative estimate of drug-likeness (QED) is 0.711. The third-order valence-corrected chi connectivity index (χ3v) is 1.37. The summed E-state index contributed by atoms with van der Waals surface area (Å²) in [6.07, 6.45) is 1.68. The lowest BCUT2D eigenvalue weighted by Crippen LogP contribution is -2.24. The molecule has 0 spiro atoms. The van der Waals surface area contributed by atoms with Gasteiger partial charge in [-0.05, 0) is 26.0 Å². The summed E-state index contributed by atoms with van der Waals surface area (Å²) in [5, 5.41) is 8.71. The number of hydrogen-bond acceptors (Lipinski definition) is 2. The average molecular weight is 168 g/mol. The molecule has 0 saturated carbocycles. The predicted octanol–water partition coefficient (Wildman–Crippen LogP) is 1.14. The van der Waals surface area contributed by atoms with Gasteiger partial charge < -0.3 is 10.5 Å². The van der Waals surface area contributed by atoms with Gasteiger partial charge in [-0.15, -0.1) is 0 Å². The van der Waals surface area contributed by atoms with Gasteiger partial charge in [-0.3, -0.25) is 4.68 Å². The van der Waals surface area contributed by atoms with E-state index >= 15 is 0 Å². The fourth-order valence-corrected chi connectivity index (χ4v) is 0.946. The van der Waals surface area contributed by atoms with Crippen LogP contribution in [0.15, 0.2) is 18.3 Å². The van der Waals surface area contributed by atoms with Crippen LogP contribution in [-0.4, -0.2) is 21.8 Å². The number of hydrogen-bond donors (Lipinski definition) is 2. The lowest BCUT2D eigenvalue weighted by Gasteiger charge is -2.12. The number of aromatic nitrogens is 1. The van der Waals surface area contributed by atoms with E-state index in [0.717, 1.165) is 0 Å². The molecule has 0 aromatic carbocycles. The largest absolute Gasteiger partial charge is 0.477 e. The highest BCUT2D eigenvalue weighted by molar-refractivity contribution is 5.85. The van der Waals surface area contributed by atoms with Gasteiger partial charge >= 0.3 is 5.97 Å². The van der Waals surface area contributed by atoms with Crippen molar-refractivity contribution in [1.29, 1.82) is 0 Å². The van der Waals surface area contributed by atoms with E-state index in [1.807, 2.05) is 13.8 Å². The first-order valence-electron chi connectivity index (χ1n) is 3.78. The van der Waals surface area contributed by atoms with Crippen LogP contribution in [0.5, 0.6) is 0 Å². The summed E-state index contributed by atoms with van der Waals surface area (Å²) < 4.78 is 1.51. The van der Waals surface area contributed by atoms with Gasteiger partial charge in [0.2, 0.25) is 0 Å². The first-order valence-corrected chi connectivity index (χ1v) is 3.78. The highest BCUT2D eigenvalue weighted by Gasteiger charge is 2.07. The van der Waals surface area contributed by atoms with Gasteiger partial charge in [-0.1, -0.05) is 0 Å². The lowest BCUT2D eigenvalue weighted by molar-refractivity contribution is 0.0686. The Morgan fingerprint density at radius 3 is 2.83 bits per heavy atom. The third-order valence-electron chi connectivity index (χ3n) is 1.37. The molecular weight excluding hydrogens is 156 g/mol. The zero-order chi connectivity index (χ0) is 9.14. The summed E-state index contributed by atoms with van der Waals surface area (Å²) >= 11 is 0. The van der Waals surface area contributed by atoms with Crippen LogP contribution in [0, 0.1) is 0 Å². The normalized spacial score (nSPS) is 10.2. The topological polar surface area (TPSA) is 54.3 Å². The highest BCUT2D eigenvalue weighted by atomic mass is 16.4. The second kappa shape index (κ2) is 3.30. The van der Waals surface area contributed by atoms with Gasteiger partial charge in [-0.25, -0.2) is 4.79 Å². The highest BCUT2D eigenvalue weighted by Crippen LogP contribution is 2.00. The molecule has 0 aliphatic carbocycles. The maximum Gasteiger partial charge on any atom is 0.354 e. The van der Waals surface area contributed by atoms with Crippen molar-refractivity contribution in [1.82, 2.24) is 4.68 Å². The predicted molar refractivity (Wildman–Crippen MR) is 45.9 cm³/mol. The van der Waals surface area contributed by atoms with Crippen molar-refractivity contribution >= 4 is 5.97 Å². The number of nitrogens with zero attached hydrogens (tertiary/aromatic N) is 1. The second-order valence-corrected chi connectivity index (χ2v) is 2.85. The molecule has 2 N–H and O–H groups in total. The van der Waals surface area contributed by atoms with E-state index < -0.39 is 5.97 Å². The van der Waals surface area contributed by atoms with Crippen LogP contribution in [0.1, 0.15) is 24.3 Å². The van der Waals surface area contributed by atoms with E-state index in [0.29, 0.717) is 0 Å². The Kier molecular flexibility index (Phi) is 2.38. The van der Waals surface area contributed by atoms with E-state index in [4.69, 9.17) is 5.11 Å². The van der Waals surface area contributed by atoms with Crippen molar-refractivity contribution in [2.75, 3.05) is 5.43 Å². The first kappa shape index (κ1) is 8.64. The van der Waals surface area contributed by atoms with Crippen molar-refractivity contribution < 1.29 is 9.90 Å². The number of nitrogens with one attached hydrogen (secondary N) is 1. The smallest absolute Gasteiger partial charge is 0.354 e. The maximum atomic E-state index is 10.6. The van der Waals surface area contributed by atoms with Crippen LogP contribution in [0.2, 0.25) is 0 Å². The minimum atomic E-state index is -0.923. The Balaban J connectivity index is 2.84. The zero-order valence-electron chi connectivity index (χ0n) is 7.11. The molecule has 1 rings (SSSR count). The summed E-state index contributed by atoms with van der Waals surface area (Å²) in [7, 11) is 0. The second-order valence-electron chi connectivity index (χ2n) is 2.85. The fourth-order valence-electron chi connectivity index (χ4n) is 0.946. The van der Waals surface area contributed by atoms with Gasteiger partial charge in [0.1, 0.15) is 5.69 Å². The van der Waals surface area contributed by atoms with Gasteiger partial charge in [-0.2, -0.15) is 0 Å². The van der Waals surface area contributed by atoms with Gasteiger partial charge in [0.05, 0.1) is 0 Å².